The van der Waals surface area contributed by atoms with E-state index in [0.29, 0.717) is 19.7 Å². The summed E-state index contributed by atoms with van der Waals surface area (Å²) in [5.41, 5.74) is 0.807. The van der Waals surface area contributed by atoms with Gasteiger partial charge in [-0.15, -0.1) is 0 Å². The molecule has 0 spiro atoms. The first-order chi connectivity index (χ1) is 10.3. The third-order valence-corrected chi connectivity index (χ3v) is 4.51. The van der Waals surface area contributed by atoms with Gasteiger partial charge in [0.25, 0.3) is 0 Å². The van der Waals surface area contributed by atoms with Gasteiger partial charge in [-0.25, -0.2) is 18.4 Å². The van der Waals surface area contributed by atoms with Crippen molar-refractivity contribution < 1.29 is 17.9 Å². The van der Waals surface area contributed by atoms with Crippen LogP contribution in [0, 0.1) is 0 Å². The molecule has 1 heterocycles. The molecular formula is C14H21N3O4S. The lowest BCUT2D eigenvalue weighted by Gasteiger charge is -2.32. The van der Waals surface area contributed by atoms with E-state index >= 15 is 0 Å². The molecule has 3 N–H and O–H groups in total. The number of nitrogens with zero attached hydrogens (tertiary/aromatic N) is 1. The molecule has 0 saturated carbocycles. The van der Waals surface area contributed by atoms with Crippen molar-refractivity contribution in [2.45, 2.75) is 30.9 Å². The molecule has 1 aromatic carbocycles. The van der Waals surface area contributed by atoms with E-state index in [1.54, 1.807) is 17.0 Å². The number of carbonyl (C=O) groups is 1. The van der Waals surface area contributed by atoms with Gasteiger partial charge >= 0.3 is 6.03 Å². The number of nitrogens with one attached hydrogen (secondary N) is 1. The summed E-state index contributed by atoms with van der Waals surface area (Å²) in [4.78, 5) is 14.0. The maximum Gasteiger partial charge on any atom is 0.318 e. The summed E-state index contributed by atoms with van der Waals surface area (Å²) in [7, 11) is -3.70. The van der Waals surface area contributed by atoms with E-state index in [9.17, 15) is 13.2 Å². The van der Waals surface area contributed by atoms with E-state index in [-0.39, 0.29) is 23.1 Å². The molecule has 1 saturated heterocycles. The number of amides is 2. The van der Waals surface area contributed by atoms with Crippen molar-refractivity contribution in [3.8, 4) is 0 Å². The van der Waals surface area contributed by atoms with Crippen molar-refractivity contribution in [3.05, 3.63) is 29.8 Å². The van der Waals surface area contributed by atoms with Gasteiger partial charge in [0, 0.05) is 13.1 Å². The van der Waals surface area contributed by atoms with E-state index in [4.69, 9.17) is 9.88 Å². The smallest absolute Gasteiger partial charge is 0.318 e. The fourth-order valence-electron chi connectivity index (χ4n) is 2.31. The van der Waals surface area contributed by atoms with E-state index < -0.39 is 10.0 Å². The Hall–Kier alpha value is -1.64. The second-order valence-electron chi connectivity index (χ2n) is 5.41. The predicted molar refractivity (Wildman–Crippen MR) is 81.7 cm³/mol. The van der Waals surface area contributed by atoms with Crippen LogP contribution < -0.4 is 10.5 Å². The van der Waals surface area contributed by atoms with Crippen LogP contribution in [0.5, 0.6) is 0 Å². The van der Waals surface area contributed by atoms with E-state index in [1.807, 2.05) is 13.8 Å². The third kappa shape index (κ3) is 4.19. The quantitative estimate of drug-likeness (QED) is 0.858. The van der Waals surface area contributed by atoms with Crippen molar-refractivity contribution in [3.63, 3.8) is 0 Å². The molecule has 0 unspecified atom stereocenters. The summed E-state index contributed by atoms with van der Waals surface area (Å²) in [5.74, 6) is 0. The zero-order valence-corrected chi connectivity index (χ0v) is 13.5. The Morgan fingerprint density at radius 2 is 2.05 bits per heavy atom. The Balaban J connectivity index is 1.99. The largest absolute Gasteiger partial charge is 0.375 e. The van der Waals surface area contributed by atoms with E-state index in [0.717, 1.165) is 5.56 Å². The van der Waals surface area contributed by atoms with E-state index in [2.05, 4.69) is 5.32 Å². The molecule has 0 aliphatic carbocycles. The maximum absolute atomic E-state index is 12.2. The second-order valence-corrected chi connectivity index (χ2v) is 6.97. The third-order valence-electron chi connectivity index (χ3n) is 3.58. The van der Waals surface area contributed by atoms with Gasteiger partial charge < -0.3 is 15.0 Å². The summed E-state index contributed by atoms with van der Waals surface area (Å²) in [6.07, 6.45) is 0.0313. The summed E-state index contributed by atoms with van der Waals surface area (Å²) < 4.78 is 27.8. The van der Waals surface area contributed by atoms with Crippen LogP contribution in [0.1, 0.15) is 25.5 Å². The van der Waals surface area contributed by atoms with Crippen LogP contribution in [0.3, 0.4) is 0 Å². The molecule has 0 aromatic heterocycles. The van der Waals surface area contributed by atoms with Crippen LogP contribution in [0.4, 0.5) is 4.79 Å². The Labute approximate surface area is 130 Å². The van der Waals surface area contributed by atoms with Gasteiger partial charge in [0.15, 0.2) is 0 Å². The number of hydrogen-bond acceptors (Lipinski definition) is 4. The number of benzene rings is 1. The summed E-state index contributed by atoms with van der Waals surface area (Å²) in [5, 5.41) is 7.95. The minimum absolute atomic E-state index is 0.0313. The summed E-state index contributed by atoms with van der Waals surface area (Å²) in [6, 6.07) is 5.77. The van der Waals surface area contributed by atoms with Crippen LogP contribution >= 0.6 is 0 Å². The van der Waals surface area contributed by atoms with Gasteiger partial charge in [0.05, 0.1) is 23.6 Å². The monoisotopic (exact) mass is 327 g/mol. The lowest BCUT2D eigenvalue weighted by molar-refractivity contribution is -0.00380. The number of rotatable bonds is 3. The van der Waals surface area contributed by atoms with Crippen LogP contribution in [0.25, 0.3) is 0 Å². The second kappa shape index (κ2) is 6.64. The number of nitrogens with two attached hydrogens (primary N) is 1. The van der Waals surface area contributed by atoms with Crippen LogP contribution in [-0.4, -0.2) is 45.1 Å². The minimum atomic E-state index is -3.70. The lowest BCUT2D eigenvalue weighted by Crippen LogP contribution is -2.49. The number of ether oxygens (including phenoxy) is 1. The van der Waals surface area contributed by atoms with Gasteiger partial charge in [0.1, 0.15) is 0 Å². The zero-order valence-electron chi connectivity index (χ0n) is 12.7. The average molecular weight is 327 g/mol. The Bertz CT molecular complexity index is 630. The zero-order chi connectivity index (χ0) is 16.3. The highest BCUT2D eigenvalue weighted by Gasteiger charge is 2.22. The number of hydrogen-bond donors (Lipinski definition) is 2. The van der Waals surface area contributed by atoms with Crippen molar-refractivity contribution in [2.75, 3.05) is 19.7 Å². The fraction of sp³-hybridized carbons (Fsp3) is 0.500. The number of carbonyl (C=O) groups excluding carboxylic acids is 1. The van der Waals surface area contributed by atoms with Gasteiger partial charge in [-0.2, -0.15) is 0 Å². The number of primary sulfonamides is 1. The van der Waals surface area contributed by atoms with Crippen molar-refractivity contribution in [2.24, 2.45) is 5.14 Å². The molecule has 122 valence electrons. The van der Waals surface area contributed by atoms with Gasteiger partial charge in [-0.1, -0.05) is 12.1 Å². The molecule has 1 aliphatic rings. The first-order valence-electron chi connectivity index (χ1n) is 7.07. The number of morpholine rings is 1. The highest BCUT2D eigenvalue weighted by Crippen LogP contribution is 2.16. The summed E-state index contributed by atoms with van der Waals surface area (Å²) >= 11 is 0. The molecule has 0 radical (unpaired) electrons. The topological polar surface area (TPSA) is 102 Å². The molecule has 1 aromatic rings. The Morgan fingerprint density at radius 1 is 1.41 bits per heavy atom. The molecular weight excluding hydrogens is 306 g/mol. The van der Waals surface area contributed by atoms with Gasteiger partial charge in [0.2, 0.25) is 10.0 Å². The molecule has 7 nitrogen and oxygen atoms in total. The van der Waals surface area contributed by atoms with Gasteiger partial charge in [-0.05, 0) is 31.5 Å². The highest BCUT2D eigenvalue weighted by atomic mass is 32.2. The number of sulfonamides is 1. The lowest BCUT2D eigenvalue weighted by atomic mass is 10.1. The van der Waals surface area contributed by atoms with Crippen LogP contribution in [0.15, 0.2) is 29.2 Å². The highest BCUT2D eigenvalue weighted by molar-refractivity contribution is 7.89. The van der Waals surface area contributed by atoms with Crippen LogP contribution in [-0.2, 0) is 14.8 Å². The Morgan fingerprint density at radius 3 is 2.59 bits per heavy atom. The average Bonchev–Trinajstić information content (AvgIpc) is 2.46. The Kier molecular flexibility index (Phi) is 5.05. The van der Waals surface area contributed by atoms with Crippen molar-refractivity contribution in [1.29, 1.82) is 0 Å². The van der Waals surface area contributed by atoms with E-state index in [1.165, 1.54) is 12.1 Å². The van der Waals surface area contributed by atoms with Crippen molar-refractivity contribution >= 4 is 16.1 Å². The van der Waals surface area contributed by atoms with Gasteiger partial charge in [-0.3, -0.25) is 0 Å². The number of urea groups is 1. The molecule has 2 amide bonds. The first-order valence-corrected chi connectivity index (χ1v) is 8.62. The maximum atomic E-state index is 12.2. The normalized spacial score (nSPS) is 20.5. The molecule has 1 aliphatic heterocycles. The SMILES string of the molecule is C[C@H]1CN(C(=O)N[C@H](C)c2ccc(S(N)(=O)=O)cc2)CCO1. The van der Waals surface area contributed by atoms with Crippen LogP contribution in [0.2, 0.25) is 0 Å². The summed E-state index contributed by atoms with van der Waals surface area (Å²) in [6.45, 7) is 5.42. The fourth-order valence-corrected chi connectivity index (χ4v) is 2.82. The standard InChI is InChI=1S/C14H21N3O4S/c1-10-9-17(7-8-21-10)14(18)16-11(2)12-3-5-13(6-4-12)22(15,19)20/h3-6,10-11H,7-9H2,1-2H3,(H,16,18)(H2,15,19,20)/t10-,11+/m0/s1. The predicted octanol–water partition coefficient (Wildman–Crippen LogP) is 0.825. The molecule has 22 heavy (non-hydrogen) atoms. The minimum Gasteiger partial charge on any atom is -0.375 e. The van der Waals surface area contributed by atoms with Crippen molar-refractivity contribution in [1.82, 2.24) is 10.2 Å². The molecule has 2 rings (SSSR count). The molecule has 2 atom stereocenters. The first kappa shape index (κ1) is 16.7. The molecule has 1 fully saturated rings. The molecule has 8 heteroatoms. The molecule has 0 bridgehead atoms.